The number of aryl methyl sites for hydroxylation is 1. The second-order valence-corrected chi connectivity index (χ2v) is 7.71. The molecule has 0 atom stereocenters. The quantitative estimate of drug-likeness (QED) is 0.427. The number of H-pyrrole nitrogens is 1. The molecule has 0 saturated heterocycles. The van der Waals surface area contributed by atoms with Crippen molar-refractivity contribution in [3.8, 4) is 0 Å². The first-order valence-corrected chi connectivity index (χ1v) is 9.80. The summed E-state index contributed by atoms with van der Waals surface area (Å²) in [5.74, 6) is 1.000. The van der Waals surface area contributed by atoms with Crippen LogP contribution < -0.4 is 5.32 Å². The van der Waals surface area contributed by atoms with Crippen LogP contribution in [-0.4, -0.2) is 26.8 Å². The van der Waals surface area contributed by atoms with Crippen LogP contribution in [0.5, 0.6) is 0 Å². The number of aromatic nitrogens is 3. The standard InChI is InChI=1S/C18H17IN4OS/c1-12-9-14(19)7-8-15(12)20-17(24)11-25-18-21-16(22-23-18)10-13-5-3-2-4-6-13/h2-9H,10-11H2,1H3,(H,20,24)(H,21,22,23). The summed E-state index contributed by atoms with van der Waals surface area (Å²) < 4.78 is 1.15. The van der Waals surface area contributed by atoms with Crippen molar-refractivity contribution in [2.45, 2.75) is 18.5 Å². The number of carbonyl (C=O) groups excluding carboxylic acids is 1. The fourth-order valence-electron chi connectivity index (χ4n) is 2.29. The first kappa shape index (κ1) is 17.9. The number of nitrogens with zero attached hydrogens (tertiary/aromatic N) is 2. The number of hydrogen-bond donors (Lipinski definition) is 2. The minimum atomic E-state index is -0.0660. The Morgan fingerprint density at radius 3 is 2.80 bits per heavy atom. The molecule has 0 aliphatic heterocycles. The van der Waals surface area contributed by atoms with E-state index in [1.807, 2.05) is 55.5 Å². The lowest BCUT2D eigenvalue weighted by atomic mass is 10.1. The highest BCUT2D eigenvalue weighted by Crippen LogP contribution is 2.19. The molecule has 0 fully saturated rings. The maximum Gasteiger partial charge on any atom is 0.234 e. The van der Waals surface area contributed by atoms with E-state index in [1.165, 1.54) is 17.3 Å². The van der Waals surface area contributed by atoms with Gasteiger partial charge in [-0.05, 0) is 58.8 Å². The van der Waals surface area contributed by atoms with Crippen LogP contribution in [0.2, 0.25) is 0 Å². The first-order valence-electron chi connectivity index (χ1n) is 7.74. The molecule has 0 aliphatic carbocycles. The number of anilines is 1. The smallest absolute Gasteiger partial charge is 0.234 e. The Morgan fingerprint density at radius 2 is 2.04 bits per heavy atom. The van der Waals surface area contributed by atoms with E-state index in [2.05, 4.69) is 43.1 Å². The summed E-state index contributed by atoms with van der Waals surface area (Å²) in [4.78, 5) is 16.6. The van der Waals surface area contributed by atoms with Gasteiger partial charge in [0.2, 0.25) is 11.1 Å². The lowest BCUT2D eigenvalue weighted by Crippen LogP contribution is -2.15. The van der Waals surface area contributed by atoms with E-state index >= 15 is 0 Å². The Kier molecular flexibility index (Phi) is 6.09. The van der Waals surface area contributed by atoms with Crippen molar-refractivity contribution in [3.05, 3.63) is 69.1 Å². The summed E-state index contributed by atoms with van der Waals surface area (Å²) in [5, 5.41) is 10.6. The van der Waals surface area contributed by atoms with Gasteiger partial charge in [-0.3, -0.25) is 9.89 Å². The normalized spacial score (nSPS) is 10.6. The Bertz CT molecular complexity index is 867. The summed E-state index contributed by atoms with van der Waals surface area (Å²) in [5.41, 5.74) is 3.06. The molecule has 1 amide bonds. The van der Waals surface area contributed by atoms with Gasteiger partial charge in [0.1, 0.15) is 5.82 Å². The van der Waals surface area contributed by atoms with Gasteiger partial charge < -0.3 is 5.32 Å². The van der Waals surface area contributed by atoms with Crippen LogP contribution >= 0.6 is 34.4 Å². The highest BCUT2D eigenvalue weighted by atomic mass is 127. The summed E-state index contributed by atoms with van der Waals surface area (Å²) >= 11 is 3.57. The molecule has 3 rings (SSSR count). The zero-order chi connectivity index (χ0) is 17.6. The second kappa shape index (κ2) is 8.48. The van der Waals surface area contributed by atoms with E-state index in [0.29, 0.717) is 11.6 Å². The third-order valence-corrected chi connectivity index (χ3v) is 5.04. The zero-order valence-corrected chi connectivity index (χ0v) is 16.6. The van der Waals surface area contributed by atoms with Crippen molar-refractivity contribution in [2.24, 2.45) is 0 Å². The van der Waals surface area contributed by atoms with E-state index in [9.17, 15) is 4.79 Å². The van der Waals surface area contributed by atoms with Gasteiger partial charge in [0, 0.05) is 15.7 Å². The summed E-state index contributed by atoms with van der Waals surface area (Å²) in [6, 6.07) is 16.0. The van der Waals surface area contributed by atoms with E-state index in [1.54, 1.807) is 0 Å². The summed E-state index contributed by atoms with van der Waals surface area (Å²) in [6.45, 7) is 1.98. The molecule has 5 nitrogen and oxygen atoms in total. The molecular formula is C18H17IN4OS. The minimum absolute atomic E-state index is 0.0660. The van der Waals surface area contributed by atoms with E-state index < -0.39 is 0 Å². The van der Waals surface area contributed by atoms with E-state index in [4.69, 9.17) is 0 Å². The largest absolute Gasteiger partial charge is 0.325 e. The van der Waals surface area contributed by atoms with E-state index in [0.717, 1.165) is 20.6 Å². The second-order valence-electron chi connectivity index (χ2n) is 5.52. The summed E-state index contributed by atoms with van der Waals surface area (Å²) in [6.07, 6.45) is 0.697. The number of hydrogen-bond acceptors (Lipinski definition) is 4. The average molecular weight is 464 g/mol. The SMILES string of the molecule is Cc1cc(I)ccc1NC(=O)CSc1n[nH]c(Cc2ccccc2)n1. The third kappa shape index (κ3) is 5.30. The lowest BCUT2D eigenvalue weighted by Gasteiger charge is -2.07. The number of amides is 1. The Hall–Kier alpha value is -1.87. The molecule has 2 N–H and O–H groups in total. The van der Waals surface area contributed by atoms with Gasteiger partial charge in [-0.2, -0.15) is 0 Å². The monoisotopic (exact) mass is 464 g/mol. The summed E-state index contributed by atoms with van der Waals surface area (Å²) in [7, 11) is 0. The van der Waals surface area contributed by atoms with Crippen LogP contribution in [0.4, 0.5) is 5.69 Å². The van der Waals surface area contributed by atoms with Gasteiger partial charge in [0.05, 0.1) is 5.75 Å². The molecule has 25 heavy (non-hydrogen) atoms. The van der Waals surface area contributed by atoms with Gasteiger partial charge in [-0.15, -0.1) is 5.10 Å². The number of benzene rings is 2. The zero-order valence-electron chi connectivity index (χ0n) is 13.6. The van der Waals surface area contributed by atoms with Crippen molar-refractivity contribution in [1.82, 2.24) is 15.2 Å². The third-order valence-electron chi connectivity index (χ3n) is 3.52. The fraction of sp³-hybridized carbons (Fsp3) is 0.167. The fourth-order valence-corrected chi connectivity index (χ4v) is 3.56. The van der Waals surface area contributed by atoms with Crippen molar-refractivity contribution in [2.75, 3.05) is 11.1 Å². The predicted molar refractivity (Wildman–Crippen MR) is 109 cm³/mol. The number of nitrogens with one attached hydrogen (secondary N) is 2. The van der Waals surface area contributed by atoms with Crippen LogP contribution in [0.1, 0.15) is 17.0 Å². The molecule has 0 bridgehead atoms. The molecule has 7 heteroatoms. The van der Waals surface area contributed by atoms with Crippen LogP contribution in [0, 0.1) is 10.5 Å². The molecule has 0 saturated carbocycles. The molecule has 0 aliphatic rings. The average Bonchev–Trinajstić information content (AvgIpc) is 3.04. The molecule has 1 heterocycles. The maximum atomic E-state index is 12.1. The van der Waals surface area contributed by atoms with Gasteiger partial charge in [-0.1, -0.05) is 42.1 Å². The van der Waals surface area contributed by atoms with Gasteiger partial charge in [-0.25, -0.2) is 4.98 Å². The van der Waals surface area contributed by atoms with E-state index in [-0.39, 0.29) is 11.7 Å². The van der Waals surface area contributed by atoms with Gasteiger partial charge in [0.15, 0.2) is 0 Å². The van der Waals surface area contributed by atoms with Crippen molar-refractivity contribution in [3.63, 3.8) is 0 Å². The van der Waals surface area contributed by atoms with Crippen molar-refractivity contribution < 1.29 is 4.79 Å². The molecular weight excluding hydrogens is 447 g/mol. The molecule has 2 aromatic carbocycles. The molecule has 0 spiro atoms. The number of thioether (sulfide) groups is 1. The molecule has 1 aromatic heterocycles. The molecule has 0 unspecified atom stereocenters. The number of aromatic amines is 1. The van der Waals surface area contributed by atoms with Crippen molar-refractivity contribution in [1.29, 1.82) is 0 Å². The minimum Gasteiger partial charge on any atom is -0.325 e. The maximum absolute atomic E-state index is 12.1. The van der Waals surface area contributed by atoms with Crippen LogP contribution in [-0.2, 0) is 11.2 Å². The lowest BCUT2D eigenvalue weighted by molar-refractivity contribution is -0.113. The van der Waals surface area contributed by atoms with Crippen LogP contribution in [0.25, 0.3) is 0 Å². The first-order chi connectivity index (χ1) is 12.1. The van der Waals surface area contributed by atoms with Gasteiger partial charge >= 0.3 is 0 Å². The number of halogens is 1. The van der Waals surface area contributed by atoms with Crippen molar-refractivity contribution >= 4 is 45.9 Å². The Morgan fingerprint density at radius 1 is 1.24 bits per heavy atom. The van der Waals surface area contributed by atoms with Gasteiger partial charge in [0.25, 0.3) is 0 Å². The Labute approximate surface area is 164 Å². The Balaban J connectivity index is 1.52. The number of rotatable bonds is 6. The highest BCUT2D eigenvalue weighted by Gasteiger charge is 2.09. The van der Waals surface area contributed by atoms with Crippen LogP contribution in [0.3, 0.4) is 0 Å². The topological polar surface area (TPSA) is 70.7 Å². The molecule has 128 valence electrons. The molecule has 0 radical (unpaired) electrons. The van der Waals surface area contributed by atoms with Crippen LogP contribution in [0.15, 0.2) is 53.7 Å². The molecule has 3 aromatic rings. The number of carbonyl (C=O) groups is 1. The predicted octanol–water partition coefficient (Wildman–Crippen LogP) is 4.04. The highest BCUT2D eigenvalue weighted by molar-refractivity contribution is 14.1.